The summed E-state index contributed by atoms with van der Waals surface area (Å²) < 4.78 is 2.74. The van der Waals surface area contributed by atoms with E-state index in [0.29, 0.717) is 22.8 Å². The molecular formula is C20H25N5O2S. The first-order valence-corrected chi connectivity index (χ1v) is 10.3. The van der Waals surface area contributed by atoms with Gasteiger partial charge in [-0.2, -0.15) is 5.10 Å². The largest absolute Gasteiger partial charge is 0.288 e. The van der Waals surface area contributed by atoms with E-state index < -0.39 is 0 Å². The van der Waals surface area contributed by atoms with Gasteiger partial charge in [-0.05, 0) is 49.1 Å². The first-order valence-electron chi connectivity index (χ1n) is 9.50. The Hall–Kier alpha value is -2.48. The maximum Gasteiger partial charge on any atom is 0.288 e. The number of amides is 1. The van der Waals surface area contributed by atoms with Gasteiger partial charge in [0.2, 0.25) is 0 Å². The number of nitrogens with zero attached hydrogens (tertiary/aromatic N) is 4. The number of carbonyl (C=O) groups excluding carboxylic acids is 1. The summed E-state index contributed by atoms with van der Waals surface area (Å²) in [5, 5.41) is 4.66. The zero-order valence-electron chi connectivity index (χ0n) is 16.9. The molecule has 0 saturated heterocycles. The number of aromatic nitrogens is 4. The van der Waals surface area contributed by atoms with Crippen LogP contribution in [-0.4, -0.2) is 25.3 Å². The van der Waals surface area contributed by atoms with Gasteiger partial charge in [-0.1, -0.05) is 20.8 Å². The lowest BCUT2D eigenvalue weighted by molar-refractivity contribution is 0.0997. The minimum Gasteiger partial charge on any atom is -0.267 e. The molecule has 3 aromatic heterocycles. The minimum absolute atomic E-state index is 0.204. The summed E-state index contributed by atoms with van der Waals surface area (Å²) in [5.41, 5.74) is 4.22. The van der Waals surface area contributed by atoms with Gasteiger partial charge in [0.1, 0.15) is 16.3 Å². The van der Waals surface area contributed by atoms with E-state index in [1.165, 1.54) is 14.2 Å². The highest BCUT2D eigenvalue weighted by molar-refractivity contribution is 7.18. The molecule has 0 aromatic carbocycles. The molecule has 0 radical (unpaired) electrons. The van der Waals surface area contributed by atoms with Crippen molar-refractivity contribution >= 4 is 27.5 Å². The van der Waals surface area contributed by atoms with Crippen molar-refractivity contribution in [2.45, 2.75) is 47.0 Å². The van der Waals surface area contributed by atoms with Crippen LogP contribution < -0.4 is 11.0 Å². The second-order valence-corrected chi connectivity index (χ2v) is 9.65. The standard InChI is InChI=1S/C20H25N5O2S/c1-11-22-18-16(13-7-6-12(20(2,3)4)10-15(13)28-18)19(27)25(11)23-17(26)14-8-9-21-24(14)5/h8-9,12H,6-7,10H2,1-5H3,(H,23,26)/t12-/m0/s1. The number of hydrogen-bond acceptors (Lipinski definition) is 5. The second kappa shape index (κ2) is 6.55. The molecule has 8 heteroatoms. The molecule has 0 bridgehead atoms. The molecule has 7 nitrogen and oxygen atoms in total. The molecule has 1 aliphatic rings. The SMILES string of the molecule is Cc1nc2sc3c(c2c(=O)n1NC(=O)c1ccnn1C)CC[C@H](C(C)(C)C)C3. The Balaban J connectivity index is 1.76. The van der Waals surface area contributed by atoms with Gasteiger partial charge in [0.15, 0.2) is 0 Å². The summed E-state index contributed by atoms with van der Waals surface area (Å²) in [6, 6.07) is 1.61. The molecule has 0 fully saturated rings. The van der Waals surface area contributed by atoms with Crippen LogP contribution in [0.15, 0.2) is 17.1 Å². The van der Waals surface area contributed by atoms with Crippen LogP contribution in [0.1, 0.15) is 53.9 Å². The maximum atomic E-state index is 13.2. The van der Waals surface area contributed by atoms with Crippen LogP contribution >= 0.6 is 11.3 Å². The van der Waals surface area contributed by atoms with Crippen molar-refractivity contribution in [3.8, 4) is 0 Å². The van der Waals surface area contributed by atoms with Crippen LogP contribution in [-0.2, 0) is 19.9 Å². The molecule has 28 heavy (non-hydrogen) atoms. The molecule has 3 heterocycles. The normalized spacial score (nSPS) is 17.0. The van der Waals surface area contributed by atoms with Gasteiger partial charge < -0.3 is 0 Å². The van der Waals surface area contributed by atoms with Crippen LogP contribution in [0.5, 0.6) is 0 Å². The molecule has 1 atom stereocenters. The van der Waals surface area contributed by atoms with Gasteiger partial charge >= 0.3 is 0 Å². The van der Waals surface area contributed by atoms with Crippen LogP contribution in [0.4, 0.5) is 0 Å². The Morgan fingerprint density at radius 3 is 2.75 bits per heavy atom. The Bertz CT molecular complexity index is 1130. The molecule has 0 spiro atoms. The van der Waals surface area contributed by atoms with Crippen LogP contribution in [0, 0.1) is 18.3 Å². The Morgan fingerprint density at radius 2 is 2.11 bits per heavy atom. The Labute approximate surface area is 167 Å². The minimum atomic E-state index is -0.386. The van der Waals surface area contributed by atoms with Gasteiger partial charge in [-0.25, -0.2) is 9.66 Å². The van der Waals surface area contributed by atoms with Crippen LogP contribution in [0.25, 0.3) is 10.2 Å². The predicted octanol–water partition coefficient (Wildman–Crippen LogP) is 3.03. The summed E-state index contributed by atoms with van der Waals surface area (Å²) in [7, 11) is 1.69. The first-order chi connectivity index (χ1) is 13.2. The highest BCUT2D eigenvalue weighted by Crippen LogP contribution is 2.42. The number of rotatable bonds is 2. The molecule has 0 aliphatic heterocycles. The average Bonchev–Trinajstić information content (AvgIpc) is 3.19. The summed E-state index contributed by atoms with van der Waals surface area (Å²) in [6.45, 7) is 8.57. The molecule has 1 aliphatic carbocycles. The lowest BCUT2D eigenvalue weighted by Crippen LogP contribution is -2.36. The highest BCUT2D eigenvalue weighted by Gasteiger charge is 2.32. The number of aryl methyl sites for hydroxylation is 3. The van der Waals surface area contributed by atoms with Crippen molar-refractivity contribution in [1.82, 2.24) is 19.4 Å². The molecule has 1 amide bonds. The van der Waals surface area contributed by atoms with Gasteiger partial charge in [-0.3, -0.25) is 19.7 Å². The van der Waals surface area contributed by atoms with Crippen LogP contribution in [0.3, 0.4) is 0 Å². The fraction of sp³-hybridized carbons (Fsp3) is 0.500. The van der Waals surface area contributed by atoms with E-state index in [1.807, 2.05) is 0 Å². The van der Waals surface area contributed by atoms with E-state index in [4.69, 9.17) is 0 Å². The average molecular weight is 400 g/mol. The summed E-state index contributed by atoms with van der Waals surface area (Å²) >= 11 is 1.62. The van der Waals surface area contributed by atoms with Crippen molar-refractivity contribution in [2.75, 3.05) is 5.43 Å². The zero-order chi connectivity index (χ0) is 20.2. The van der Waals surface area contributed by atoms with Crippen molar-refractivity contribution in [1.29, 1.82) is 0 Å². The van der Waals surface area contributed by atoms with Crippen molar-refractivity contribution < 1.29 is 4.79 Å². The van der Waals surface area contributed by atoms with Crippen molar-refractivity contribution in [3.05, 3.63) is 44.6 Å². The first kappa shape index (κ1) is 18.9. The molecule has 148 valence electrons. The maximum absolute atomic E-state index is 13.2. The molecule has 1 N–H and O–H groups in total. The van der Waals surface area contributed by atoms with E-state index in [9.17, 15) is 9.59 Å². The fourth-order valence-corrected chi connectivity index (χ4v) is 5.29. The molecule has 4 rings (SSSR count). The molecule has 0 saturated carbocycles. The van der Waals surface area contributed by atoms with E-state index in [1.54, 1.807) is 37.6 Å². The summed E-state index contributed by atoms with van der Waals surface area (Å²) in [6.07, 6.45) is 4.48. The van der Waals surface area contributed by atoms with E-state index in [0.717, 1.165) is 29.7 Å². The smallest absolute Gasteiger partial charge is 0.267 e. The third kappa shape index (κ3) is 3.05. The number of fused-ring (bicyclic) bond motifs is 3. The highest BCUT2D eigenvalue weighted by atomic mass is 32.1. The van der Waals surface area contributed by atoms with E-state index in [-0.39, 0.29) is 16.9 Å². The summed E-state index contributed by atoms with van der Waals surface area (Å²) in [4.78, 5) is 32.5. The fourth-order valence-electron chi connectivity index (χ4n) is 3.95. The number of thiophene rings is 1. The number of nitrogens with one attached hydrogen (secondary N) is 1. The van der Waals surface area contributed by atoms with E-state index >= 15 is 0 Å². The van der Waals surface area contributed by atoms with Gasteiger partial charge in [0, 0.05) is 18.1 Å². The number of hydrogen-bond donors (Lipinski definition) is 1. The molecule has 0 unspecified atom stereocenters. The van der Waals surface area contributed by atoms with E-state index in [2.05, 4.69) is 36.3 Å². The predicted molar refractivity (Wildman–Crippen MR) is 110 cm³/mol. The third-order valence-corrected chi connectivity index (χ3v) is 6.89. The molecule has 3 aromatic rings. The van der Waals surface area contributed by atoms with Crippen molar-refractivity contribution in [2.24, 2.45) is 18.4 Å². The lowest BCUT2D eigenvalue weighted by Gasteiger charge is -2.33. The zero-order valence-corrected chi connectivity index (χ0v) is 17.7. The Kier molecular flexibility index (Phi) is 4.41. The van der Waals surface area contributed by atoms with Crippen LogP contribution in [0.2, 0.25) is 0 Å². The Morgan fingerprint density at radius 1 is 1.36 bits per heavy atom. The second-order valence-electron chi connectivity index (χ2n) is 8.57. The van der Waals surface area contributed by atoms with Gasteiger partial charge in [0.25, 0.3) is 11.5 Å². The topological polar surface area (TPSA) is 81.8 Å². The van der Waals surface area contributed by atoms with Crippen molar-refractivity contribution in [3.63, 3.8) is 0 Å². The quantitative estimate of drug-likeness (QED) is 0.718. The number of carbonyl (C=O) groups is 1. The lowest BCUT2D eigenvalue weighted by atomic mass is 9.72. The third-order valence-electron chi connectivity index (χ3n) is 5.74. The monoisotopic (exact) mass is 399 g/mol. The van der Waals surface area contributed by atoms with Gasteiger partial charge in [0.05, 0.1) is 5.39 Å². The van der Waals surface area contributed by atoms with Gasteiger partial charge in [-0.15, -0.1) is 11.3 Å². The molecular weight excluding hydrogens is 374 g/mol. The summed E-state index contributed by atoms with van der Waals surface area (Å²) in [5.74, 6) is 0.683.